The number of H-pyrrole nitrogens is 1. The molecule has 0 aromatic carbocycles. The van der Waals surface area contributed by atoms with E-state index in [2.05, 4.69) is 20.3 Å². The molecule has 0 saturated heterocycles. The summed E-state index contributed by atoms with van der Waals surface area (Å²) in [5, 5.41) is 5.64. The number of hydrogen-bond acceptors (Lipinski definition) is 7. The van der Waals surface area contributed by atoms with Gasteiger partial charge in [0.2, 0.25) is 0 Å². The quantitative estimate of drug-likeness (QED) is 0.411. The molecule has 0 amide bonds. The molecular formula is C36H34N6O2. The second-order valence-electron chi connectivity index (χ2n) is 11.2. The van der Waals surface area contributed by atoms with Gasteiger partial charge in [0.05, 0.1) is 53.8 Å². The molecule has 8 nitrogen and oxygen atoms in total. The number of aliphatic imine (C=N–C) groups is 2. The maximum Gasteiger partial charge on any atom is 0.0878 e. The second kappa shape index (κ2) is 12.0. The Morgan fingerprint density at radius 1 is 0.818 bits per heavy atom. The molecule has 0 fully saturated rings. The van der Waals surface area contributed by atoms with Crippen molar-refractivity contribution in [2.75, 3.05) is 0 Å². The Hall–Kier alpha value is -4.92. The van der Waals surface area contributed by atoms with E-state index in [0.29, 0.717) is 13.2 Å². The fraction of sp³-hybridized carbons (Fsp3) is 0.222. The Morgan fingerprint density at radius 3 is 2.11 bits per heavy atom. The zero-order chi connectivity index (χ0) is 30.8. The van der Waals surface area contributed by atoms with Crippen molar-refractivity contribution in [1.82, 2.24) is 20.3 Å². The van der Waals surface area contributed by atoms with Crippen molar-refractivity contribution in [1.29, 1.82) is 0 Å². The topological polar surface area (TPSA) is 96.8 Å². The molecule has 8 heteroatoms. The number of allylic oxidation sites excluding steroid dienone is 5. The van der Waals surface area contributed by atoms with Crippen molar-refractivity contribution < 1.29 is 10.8 Å². The summed E-state index contributed by atoms with van der Waals surface area (Å²) in [5.41, 5.74) is 5.77. The first kappa shape index (κ1) is 26.7. The average Bonchev–Trinajstić information content (AvgIpc) is 3.85. The second-order valence-corrected chi connectivity index (χ2v) is 11.2. The van der Waals surface area contributed by atoms with Gasteiger partial charge in [-0.2, -0.15) is 0 Å². The molecule has 7 rings (SSSR count). The summed E-state index contributed by atoms with van der Waals surface area (Å²) in [7, 11) is 0. The van der Waals surface area contributed by atoms with E-state index in [4.69, 9.17) is 19.5 Å². The summed E-state index contributed by atoms with van der Waals surface area (Å²) in [6, 6.07) is 11.8. The van der Waals surface area contributed by atoms with E-state index < -0.39 is 18.0 Å². The van der Waals surface area contributed by atoms with Gasteiger partial charge in [-0.1, -0.05) is 12.1 Å². The molecule has 3 aromatic rings. The first-order chi connectivity index (χ1) is 21.9. The van der Waals surface area contributed by atoms with E-state index in [1.807, 2.05) is 98.9 Å². The van der Waals surface area contributed by atoms with Crippen LogP contribution in [0.4, 0.5) is 0 Å². The molecular weight excluding hydrogens is 548 g/mol. The molecule has 3 aromatic heterocycles. The van der Waals surface area contributed by atoms with E-state index in [1.54, 1.807) is 24.8 Å². The van der Waals surface area contributed by atoms with Crippen molar-refractivity contribution in [3.63, 3.8) is 0 Å². The molecule has 0 spiro atoms. The predicted molar refractivity (Wildman–Crippen MR) is 173 cm³/mol. The molecule has 4 aliphatic rings. The SMILES string of the molecule is [2H]C1C(C(C)OCc2cccnc2)=C2C=C3C=CC(=N3)C=c3ccc([nH]3)=CC3=NC(=CC1(C(C)OCc1cccnc1)N2)C=C3. The molecule has 0 saturated carbocycles. The maximum atomic E-state index is 9.83. The molecule has 0 aliphatic carbocycles. The van der Waals surface area contributed by atoms with Gasteiger partial charge < -0.3 is 19.8 Å². The summed E-state index contributed by atoms with van der Waals surface area (Å²) >= 11 is 0. The summed E-state index contributed by atoms with van der Waals surface area (Å²) in [4.78, 5) is 21.7. The average molecular weight is 584 g/mol. The zero-order valence-corrected chi connectivity index (χ0v) is 24.6. The summed E-state index contributed by atoms with van der Waals surface area (Å²) < 4.78 is 22.7. The van der Waals surface area contributed by atoms with Crippen LogP contribution in [0.15, 0.2) is 130 Å². The Labute approximate surface area is 257 Å². The van der Waals surface area contributed by atoms with Crippen LogP contribution in [0.2, 0.25) is 0 Å². The molecule has 44 heavy (non-hydrogen) atoms. The van der Waals surface area contributed by atoms with Crippen LogP contribution in [0.3, 0.4) is 0 Å². The largest absolute Gasteiger partial charge is 0.373 e. The van der Waals surface area contributed by atoms with Crippen LogP contribution in [0.5, 0.6) is 0 Å². The lowest BCUT2D eigenvalue weighted by atomic mass is 9.86. The predicted octanol–water partition coefficient (Wildman–Crippen LogP) is 4.37. The highest BCUT2D eigenvalue weighted by molar-refractivity contribution is 6.20. The third-order valence-electron chi connectivity index (χ3n) is 8.00. The number of hydrogen-bond donors (Lipinski definition) is 2. The monoisotopic (exact) mass is 583 g/mol. The Balaban J connectivity index is 1.33. The Bertz CT molecular complexity index is 1940. The summed E-state index contributed by atoms with van der Waals surface area (Å²) in [5.74, 6) is 0. The Kier molecular flexibility index (Phi) is 7.27. The third kappa shape index (κ3) is 6.08. The van der Waals surface area contributed by atoms with Gasteiger partial charge in [0.15, 0.2) is 0 Å². The molecule has 2 N–H and O–H groups in total. The number of aromatic nitrogens is 3. The van der Waals surface area contributed by atoms with Crippen molar-refractivity contribution >= 4 is 23.6 Å². The zero-order valence-electron chi connectivity index (χ0n) is 25.6. The standard InChI is InChI=1S/C36H34N6O2/c1-24(43-22-26-5-3-13-37-20-26)34-19-36(25(2)44-23-27-6-4-14-38-21-27)18-33-12-11-31(41-33)16-29-8-7-28(39-29)15-30-9-10-32(40-30)17-35(34)42-36/h3-18,20-21,24-25,39,42H,19,22-23H2,1-2H3/i19D. The number of aromatic amines is 1. The van der Waals surface area contributed by atoms with E-state index in [1.165, 1.54) is 0 Å². The molecule has 4 aliphatic heterocycles. The van der Waals surface area contributed by atoms with Crippen molar-refractivity contribution in [2.24, 2.45) is 9.98 Å². The number of ether oxygens (including phenoxy) is 2. The smallest absolute Gasteiger partial charge is 0.0878 e. The minimum absolute atomic E-state index is 0.354. The fourth-order valence-corrected chi connectivity index (χ4v) is 5.60. The summed E-state index contributed by atoms with van der Waals surface area (Å²) in [6.07, 6.45) is 21.5. The van der Waals surface area contributed by atoms with Crippen LogP contribution >= 0.6 is 0 Å². The maximum absolute atomic E-state index is 9.83. The molecule has 220 valence electrons. The van der Waals surface area contributed by atoms with Crippen molar-refractivity contribution in [3.8, 4) is 0 Å². The van der Waals surface area contributed by atoms with Crippen molar-refractivity contribution in [2.45, 2.75) is 51.2 Å². The van der Waals surface area contributed by atoms with Gasteiger partial charge in [-0.05, 0) is 103 Å². The minimum atomic E-state index is -0.966. The minimum Gasteiger partial charge on any atom is -0.373 e. The van der Waals surface area contributed by atoms with Crippen LogP contribution in [0.1, 0.15) is 32.7 Å². The van der Waals surface area contributed by atoms with Gasteiger partial charge in [-0.3, -0.25) is 9.97 Å². The number of fused-ring (bicyclic) bond motifs is 6. The number of pyridine rings is 2. The Morgan fingerprint density at radius 2 is 1.45 bits per heavy atom. The van der Waals surface area contributed by atoms with Gasteiger partial charge in [0.1, 0.15) is 0 Å². The number of rotatable bonds is 8. The molecule has 4 unspecified atom stereocenters. The van der Waals surface area contributed by atoms with E-state index in [-0.39, 0.29) is 6.10 Å². The van der Waals surface area contributed by atoms with Crippen LogP contribution in [-0.2, 0) is 22.7 Å². The third-order valence-corrected chi connectivity index (χ3v) is 8.00. The van der Waals surface area contributed by atoms with E-state index >= 15 is 0 Å². The normalized spacial score (nSPS) is 23.5. The summed E-state index contributed by atoms with van der Waals surface area (Å²) in [6.45, 7) is 4.73. The van der Waals surface area contributed by atoms with Crippen LogP contribution in [0, 0.1) is 0 Å². The lowest BCUT2D eigenvalue weighted by Gasteiger charge is -2.35. The van der Waals surface area contributed by atoms with Gasteiger partial charge in [-0.25, -0.2) is 9.98 Å². The number of nitrogens with one attached hydrogen (secondary N) is 2. The van der Waals surface area contributed by atoms with E-state index in [9.17, 15) is 1.37 Å². The van der Waals surface area contributed by atoms with Crippen LogP contribution < -0.4 is 16.0 Å². The van der Waals surface area contributed by atoms with E-state index in [0.717, 1.165) is 55.9 Å². The van der Waals surface area contributed by atoms with Crippen LogP contribution in [-0.4, -0.2) is 44.1 Å². The molecule has 8 bridgehead atoms. The van der Waals surface area contributed by atoms with Crippen LogP contribution in [0.25, 0.3) is 12.2 Å². The van der Waals surface area contributed by atoms with Crippen molar-refractivity contribution in [3.05, 3.63) is 142 Å². The van der Waals surface area contributed by atoms with Gasteiger partial charge in [0, 0.05) is 49.0 Å². The number of nitrogens with zero attached hydrogens (tertiary/aromatic N) is 4. The van der Waals surface area contributed by atoms with Gasteiger partial charge in [-0.15, -0.1) is 0 Å². The highest BCUT2D eigenvalue weighted by Gasteiger charge is 2.43. The molecule has 7 heterocycles. The highest BCUT2D eigenvalue weighted by Crippen LogP contribution is 2.39. The lowest BCUT2D eigenvalue weighted by Crippen LogP contribution is -2.49. The first-order valence-corrected chi connectivity index (χ1v) is 14.8. The lowest BCUT2D eigenvalue weighted by molar-refractivity contribution is 0.00699. The highest BCUT2D eigenvalue weighted by atomic mass is 16.5. The molecule has 0 radical (unpaired) electrons. The fourth-order valence-electron chi connectivity index (χ4n) is 5.60. The van der Waals surface area contributed by atoms with Gasteiger partial charge >= 0.3 is 0 Å². The first-order valence-electron chi connectivity index (χ1n) is 15.3. The van der Waals surface area contributed by atoms with Gasteiger partial charge in [0.25, 0.3) is 0 Å². The molecule has 4 atom stereocenters.